The normalized spacial score (nSPS) is 20.9. The molecule has 1 atom stereocenters. The maximum Gasteiger partial charge on any atom is 0.247 e. The van der Waals surface area contributed by atoms with Crippen LogP contribution < -0.4 is 5.73 Å². The Hall–Kier alpha value is -0.810. The molecule has 0 bridgehead atoms. The Morgan fingerprint density at radius 1 is 1.47 bits per heavy atom. The topological polar surface area (TPSA) is 66.6 Å². The van der Waals surface area contributed by atoms with E-state index in [-0.39, 0.29) is 30.1 Å². The van der Waals surface area contributed by atoms with E-state index in [1.807, 2.05) is 0 Å². The van der Waals surface area contributed by atoms with Crippen LogP contribution in [-0.2, 0) is 9.59 Å². The summed E-state index contributed by atoms with van der Waals surface area (Å²) >= 11 is 0. The van der Waals surface area contributed by atoms with Gasteiger partial charge in [-0.05, 0) is 13.8 Å². The van der Waals surface area contributed by atoms with Crippen LogP contribution in [0.4, 0.5) is 0 Å². The second kappa shape index (κ2) is 5.69. The van der Waals surface area contributed by atoms with E-state index in [0.717, 1.165) is 0 Å². The lowest BCUT2D eigenvalue weighted by molar-refractivity contribution is -0.159. The lowest BCUT2D eigenvalue weighted by Crippen LogP contribution is -2.64. The van der Waals surface area contributed by atoms with Gasteiger partial charge < -0.3 is 15.5 Å². The minimum atomic E-state index is -0.756. The Morgan fingerprint density at radius 2 is 2.00 bits per heavy atom. The molecule has 0 aromatic heterocycles. The summed E-state index contributed by atoms with van der Waals surface area (Å²) in [5, 5.41) is 0. The van der Waals surface area contributed by atoms with E-state index in [1.54, 1.807) is 37.6 Å². The standard InChI is InChI=1S/C11H21N3O2.ClH/c1-8(7-12)9(15)14-6-5-13(4)10(16)11(14,2)3;/h8H,5-7,12H2,1-4H3;1H. The van der Waals surface area contributed by atoms with Crippen molar-refractivity contribution in [1.82, 2.24) is 9.80 Å². The molecule has 1 aliphatic heterocycles. The number of carbonyl (C=O) groups excluding carboxylic acids is 2. The predicted molar refractivity (Wildman–Crippen MR) is 68.9 cm³/mol. The van der Waals surface area contributed by atoms with Gasteiger partial charge in [0.15, 0.2) is 0 Å². The van der Waals surface area contributed by atoms with E-state index in [4.69, 9.17) is 5.73 Å². The predicted octanol–water partition coefficient (Wildman–Crippen LogP) is 0.0822. The quantitative estimate of drug-likeness (QED) is 0.767. The molecule has 0 aliphatic carbocycles. The fourth-order valence-corrected chi connectivity index (χ4v) is 1.97. The molecule has 1 rings (SSSR count). The molecule has 6 heteroatoms. The SMILES string of the molecule is CC(CN)C(=O)N1CCN(C)C(=O)C1(C)C.Cl. The third-order valence-electron chi connectivity index (χ3n) is 3.25. The fourth-order valence-electron chi connectivity index (χ4n) is 1.97. The highest BCUT2D eigenvalue weighted by Gasteiger charge is 2.43. The van der Waals surface area contributed by atoms with Gasteiger partial charge >= 0.3 is 0 Å². The van der Waals surface area contributed by atoms with Crippen molar-refractivity contribution < 1.29 is 9.59 Å². The molecule has 1 saturated heterocycles. The Labute approximate surface area is 109 Å². The summed E-state index contributed by atoms with van der Waals surface area (Å²) in [7, 11) is 1.76. The van der Waals surface area contributed by atoms with Crippen molar-refractivity contribution in [3.05, 3.63) is 0 Å². The Kier molecular flexibility index (Phi) is 5.42. The highest BCUT2D eigenvalue weighted by atomic mass is 35.5. The van der Waals surface area contributed by atoms with E-state index in [1.165, 1.54) is 0 Å². The van der Waals surface area contributed by atoms with Crippen LogP contribution in [-0.4, -0.2) is 53.8 Å². The maximum absolute atomic E-state index is 12.1. The summed E-state index contributed by atoms with van der Waals surface area (Å²) < 4.78 is 0. The molecule has 1 unspecified atom stereocenters. The number of likely N-dealkylation sites (N-methyl/N-ethyl adjacent to an activating group) is 1. The monoisotopic (exact) mass is 263 g/mol. The van der Waals surface area contributed by atoms with Gasteiger partial charge in [-0.3, -0.25) is 9.59 Å². The molecule has 1 fully saturated rings. The maximum atomic E-state index is 12.1. The van der Waals surface area contributed by atoms with Gasteiger partial charge in [0.25, 0.3) is 0 Å². The average Bonchev–Trinajstić information content (AvgIpc) is 2.24. The number of nitrogens with two attached hydrogens (primary N) is 1. The number of hydrogen-bond acceptors (Lipinski definition) is 3. The van der Waals surface area contributed by atoms with Crippen molar-refractivity contribution in [1.29, 1.82) is 0 Å². The number of carbonyl (C=O) groups is 2. The second-order valence-electron chi connectivity index (χ2n) is 4.91. The van der Waals surface area contributed by atoms with Crippen molar-refractivity contribution in [3.8, 4) is 0 Å². The Bertz CT molecular complexity index is 307. The van der Waals surface area contributed by atoms with E-state index < -0.39 is 5.54 Å². The lowest BCUT2D eigenvalue weighted by atomic mass is 9.95. The minimum Gasteiger partial charge on any atom is -0.342 e. The van der Waals surface area contributed by atoms with Crippen LogP contribution >= 0.6 is 12.4 Å². The first-order chi connectivity index (χ1) is 7.32. The zero-order valence-corrected chi connectivity index (χ0v) is 11.7. The van der Waals surface area contributed by atoms with Crippen molar-refractivity contribution in [2.45, 2.75) is 26.3 Å². The van der Waals surface area contributed by atoms with Crippen LogP contribution in [0.1, 0.15) is 20.8 Å². The Balaban J connectivity index is 0.00000256. The molecule has 0 aromatic rings. The summed E-state index contributed by atoms with van der Waals surface area (Å²) in [5.74, 6) is -0.277. The van der Waals surface area contributed by atoms with Gasteiger partial charge in [-0.15, -0.1) is 12.4 Å². The summed E-state index contributed by atoms with van der Waals surface area (Å²) in [5.41, 5.74) is 4.73. The molecule has 0 saturated carbocycles. The summed E-state index contributed by atoms with van der Waals surface area (Å²) in [4.78, 5) is 27.4. The largest absolute Gasteiger partial charge is 0.342 e. The molecule has 17 heavy (non-hydrogen) atoms. The molecule has 0 aromatic carbocycles. The summed E-state index contributed by atoms with van der Waals surface area (Å²) in [6, 6.07) is 0. The molecule has 1 heterocycles. The number of nitrogens with zero attached hydrogens (tertiary/aromatic N) is 2. The average molecular weight is 264 g/mol. The highest BCUT2D eigenvalue weighted by Crippen LogP contribution is 2.23. The van der Waals surface area contributed by atoms with Gasteiger partial charge in [0.1, 0.15) is 5.54 Å². The first-order valence-corrected chi connectivity index (χ1v) is 5.59. The minimum absolute atomic E-state index is 0. The van der Waals surface area contributed by atoms with Crippen LogP contribution in [0, 0.1) is 5.92 Å². The molecule has 2 N–H and O–H groups in total. The van der Waals surface area contributed by atoms with E-state index >= 15 is 0 Å². The van der Waals surface area contributed by atoms with Crippen LogP contribution in [0.15, 0.2) is 0 Å². The van der Waals surface area contributed by atoms with Crippen molar-refractivity contribution in [3.63, 3.8) is 0 Å². The van der Waals surface area contributed by atoms with Gasteiger partial charge in [-0.1, -0.05) is 6.92 Å². The van der Waals surface area contributed by atoms with Crippen LogP contribution in [0.25, 0.3) is 0 Å². The second-order valence-corrected chi connectivity index (χ2v) is 4.91. The van der Waals surface area contributed by atoms with Gasteiger partial charge in [0.2, 0.25) is 11.8 Å². The molecular weight excluding hydrogens is 242 g/mol. The van der Waals surface area contributed by atoms with Crippen LogP contribution in [0.2, 0.25) is 0 Å². The number of rotatable bonds is 2. The van der Waals surface area contributed by atoms with Crippen LogP contribution in [0.5, 0.6) is 0 Å². The molecule has 0 radical (unpaired) electrons. The Morgan fingerprint density at radius 3 is 2.47 bits per heavy atom. The first kappa shape index (κ1) is 16.2. The van der Waals surface area contributed by atoms with Gasteiger partial charge in [-0.2, -0.15) is 0 Å². The van der Waals surface area contributed by atoms with Crippen LogP contribution in [0.3, 0.4) is 0 Å². The summed E-state index contributed by atoms with van der Waals surface area (Å²) in [6.45, 7) is 6.85. The third-order valence-corrected chi connectivity index (χ3v) is 3.25. The molecule has 5 nitrogen and oxygen atoms in total. The van der Waals surface area contributed by atoms with E-state index in [0.29, 0.717) is 19.6 Å². The molecule has 100 valence electrons. The number of halogens is 1. The number of piperazine rings is 1. The molecule has 1 aliphatic rings. The zero-order chi connectivity index (χ0) is 12.5. The van der Waals surface area contributed by atoms with E-state index in [9.17, 15) is 9.59 Å². The fraction of sp³-hybridized carbons (Fsp3) is 0.818. The third kappa shape index (κ3) is 2.90. The smallest absolute Gasteiger partial charge is 0.247 e. The lowest BCUT2D eigenvalue weighted by Gasteiger charge is -2.45. The first-order valence-electron chi connectivity index (χ1n) is 5.59. The van der Waals surface area contributed by atoms with E-state index in [2.05, 4.69) is 0 Å². The molecule has 2 amide bonds. The number of hydrogen-bond donors (Lipinski definition) is 1. The number of amides is 2. The van der Waals surface area contributed by atoms with Gasteiger partial charge in [0.05, 0.1) is 0 Å². The molecular formula is C11H22ClN3O2. The van der Waals surface area contributed by atoms with Gasteiger partial charge in [-0.25, -0.2) is 0 Å². The summed E-state index contributed by atoms with van der Waals surface area (Å²) in [6.07, 6.45) is 0. The zero-order valence-electron chi connectivity index (χ0n) is 10.9. The van der Waals surface area contributed by atoms with Crippen molar-refractivity contribution in [2.75, 3.05) is 26.7 Å². The molecule has 0 spiro atoms. The highest BCUT2D eigenvalue weighted by molar-refractivity contribution is 5.92. The van der Waals surface area contributed by atoms with Crippen molar-refractivity contribution in [2.24, 2.45) is 11.7 Å². The van der Waals surface area contributed by atoms with Crippen molar-refractivity contribution >= 4 is 24.2 Å². The van der Waals surface area contributed by atoms with Gasteiger partial charge in [0, 0.05) is 32.6 Å².